The first kappa shape index (κ1) is 25.4. The fourth-order valence-corrected chi connectivity index (χ4v) is 1.86. The molecule has 2 nitrogen and oxygen atoms in total. The van der Waals surface area contributed by atoms with Crippen LogP contribution >= 0.6 is 0 Å². The second-order valence-electron chi connectivity index (χ2n) is 6.20. The first-order valence-electron chi connectivity index (χ1n) is 8.51. The van der Waals surface area contributed by atoms with E-state index >= 15 is 0 Å². The zero-order valence-electron chi connectivity index (χ0n) is 16.2. The van der Waals surface area contributed by atoms with Crippen molar-refractivity contribution in [3.05, 3.63) is 58.4 Å². The molecule has 168 valence electrons. The molecule has 0 aromatic heterocycles. The van der Waals surface area contributed by atoms with Gasteiger partial charge in [0.25, 0.3) is 0 Å². The maximum atomic E-state index is 13.0. The van der Waals surface area contributed by atoms with Crippen LogP contribution in [0.3, 0.4) is 0 Å². The van der Waals surface area contributed by atoms with Gasteiger partial charge in [0.05, 0.1) is 12.2 Å². The molecule has 0 saturated carbocycles. The zero-order valence-corrected chi connectivity index (χ0v) is 16.2. The van der Waals surface area contributed by atoms with Crippen molar-refractivity contribution in [3.63, 3.8) is 0 Å². The minimum Gasteiger partial charge on any atom is -0.485 e. The first-order valence-corrected chi connectivity index (χ1v) is 8.51. The Morgan fingerprint density at radius 1 is 0.600 bits per heavy atom. The van der Waals surface area contributed by atoms with E-state index in [1.54, 1.807) is 13.8 Å². The number of ether oxygens (including phenoxy) is 2. The van der Waals surface area contributed by atoms with Gasteiger partial charge in [-0.25, -0.2) is 22.0 Å². The van der Waals surface area contributed by atoms with Gasteiger partial charge in [0.15, 0.2) is 23.1 Å². The van der Waals surface area contributed by atoms with Gasteiger partial charge in [0.1, 0.15) is 0 Å². The van der Waals surface area contributed by atoms with Crippen LogP contribution in [0.25, 0.3) is 0 Å². The molecule has 30 heavy (non-hydrogen) atoms. The van der Waals surface area contributed by atoms with Crippen LogP contribution in [-0.2, 0) is 0 Å². The minimum atomic E-state index is -2.19. The molecule has 0 bridgehead atoms. The van der Waals surface area contributed by atoms with Crippen molar-refractivity contribution in [2.75, 3.05) is 0 Å². The second-order valence-corrected chi connectivity index (χ2v) is 6.20. The monoisotopic (exact) mass is 448 g/mol. The average molecular weight is 448 g/mol. The smallest absolute Gasteiger partial charge is 0.206 e. The van der Waals surface area contributed by atoms with Crippen LogP contribution < -0.4 is 9.47 Å². The predicted octanol–water partition coefficient (Wildman–Crippen LogP) is 6.59. The van der Waals surface area contributed by atoms with Gasteiger partial charge in [-0.05, 0) is 27.2 Å². The molecule has 0 N–H and O–H groups in total. The topological polar surface area (TPSA) is 18.5 Å². The largest absolute Gasteiger partial charge is 0.485 e. The molecule has 0 heterocycles. The zero-order chi connectivity index (χ0) is 23.3. The third kappa shape index (κ3) is 5.73. The molecule has 0 saturated heterocycles. The lowest BCUT2D eigenvalue weighted by Gasteiger charge is -2.14. The first-order chi connectivity index (χ1) is 13.8. The lowest BCUT2D eigenvalue weighted by atomic mass is 10.2. The minimum absolute atomic E-state index is 0.147. The Hall–Kier alpha value is -2.59. The molecule has 1 atom stereocenters. The second kappa shape index (κ2) is 10.4. The number of hydrogen-bond donors (Lipinski definition) is 0. The van der Waals surface area contributed by atoms with Crippen LogP contribution in [0, 0.1) is 52.4 Å². The van der Waals surface area contributed by atoms with Gasteiger partial charge < -0.3 is 9.47 Å². The molecule has 2 aromatic rings. The van der Waals surface area contributed by atoms with E-state index in [1.807, 2.05) is 0 Å². The molecule has 0 fully saturated rings. The summed E-state index contributed by atoms with van der Waals surface area (Å²) in [5, 5.41) is 0. The van der Waals surface area contributed by atoms with Gasteiger partial charge in [0.2, 0.25) is 40.7 Å². The third-order valence-electron chi connectivity index (χ3n) is 3.49. The lowest BCUT2D eigenvalue weighted by Crippen LogP contribution is -2.13. The van der Waals surface area contributed by atoms with Crippen LogP contribution in [0.5, 0.6) is 11.5 Å². The maximum Gasteiger partial charge on any atom is 0.206 e. The SMILES string of the molecule is CC(C)Oc1c(F)c(F)c(F)c(F)c1F.CCC(C)Oc1c(F)c(F)cc(F)c1F. The molecule has 2 rings (SSSR count). The van der Waals surface area contributed by atoms with Gasteiger partial charge >= 0.3 is 0 Å². The third-order valence-corrected chi connectivity index (χ3v) is 3.49. The normalized spacial score (nSPS) is 11.8. The van der Waals surface area contributed by atoms with Gasteiger partial charge in [0, 0.05) is 6.07 Å². The summed E-state index contributed by atoms with van der Waals surface area (Å²) < 4.78 is 124. The van der Waals surface area contributed by atoms with Crippen molar-refractivity contribution < 1.29 is 49.0 Å². The van der Waals surface area contributed by atoms with E-state index in [-0.39, 0.29) is 6.07 Å². The average Bonchev–Trinajstić information content (AvgIpc) is 2.70. The summed E-state index contributed by atoms with van der Waals surface area (Å²) in [6.45, 7) is 6.06. The van der Waals surface area contributed by atoms with Crippen LogP contribution in [0.15, 0.2) is 6.07 Å². The van der Waals surface area contributed by atoms with Crippen molar-refractivity contribution in [1.29, 1.82) is 0 Å². The fourth-order valence-electron chi connectivity index (χ4n) is 1.86. The highest BCUT2D eigenvalue weighted by Gasteiger charge is 2.27. The summed E-state index contributed by atoms with van der Waals surface area (Å²) >= 11 is 0. The Morgan fingerprint density at radius 3 is 1.33 bits per heavy atom. The van der Waals surface area contributed by atoms with Crippen molar-refractivity contribution >= 4 is 0 Å². The Kier molecular flexibility index (Phi) is 8.86. The number of benzene rings is 2. The highest BCUT2D eigenvalue weighted by atomic mass is 19.2. The van der Waals surface area contributed by atoms with Crippen LogP contribution in [0.4, 0.5) is 39.5 Å². The molecule has 0 aliphatic heterocycles. The summed E-state index contributed by atoms with van der Waals surface area (Å²) in [7, 11) is 0. The Balaban J connectivity index is 0.000000300. The standard InChI is InChI=1S/C10H10F4O.C9H7F5O/c1-3-5(2)15-10-8(13)6(11)4-7(12)9(10)14;1-3(2)15-9-7(13)5(11)4(10)6(12)8(9)14/h4-5H,3H2,1-2H3;3H,1-2H3. The molecule has 2 aromatic carbocycles. The number of rotatable bonds is 5. The van der Waals surface area contributed by atoms with Crippen LogP contribution in [0.1, 0.15) is 34.1 Å². The van der Waals surface area contributed by atoms with Gasteiger partial charge in [-0.2, -0.15) is 17.6 Å². The molecule has 0 spiro atoms. The number of hydrogen-bond acceptors (Lipinski definition) is 2. The molecule has 1 unspecified atom stereocenters. The molecule has 0 radical (unpaired) electrons. The van der Waals surface area contributed by atoms with Crippen LogP contribution in [-0.4, -0.2) is 12.2 Å². The molecule has 0 aliphatic rings. The highest BCUT2D eigenvalue weighted by Crippen LogP contribution is 2.30. The lowest BCUT2D eigenvalue weighted by molar-refractivity contribution is 0.191. The quantitative estimate of drug-likeness (QED) is 0.292. The van der Waals surface area contributed by atoms with E-state index < -0.39 is 76.1 Å². The van der Waals surface area contributed by atoms with Gasteiger partial charge in [-0.3, -0.25) is 0 Å². The number of halogens is 9. The van der Waals surface area contributed by atoms with E-state index in [1.165, 1.54) is 13.8 Å². The molecule has 0 aliphatic carbocycles. The molecule has 0 amide bonds. The van der Waals surface area contributed by atoms with E-state index in [0.717, 1.165) is 0 Å². The van der Waals surface area contributed by atoms with Crippen molar-refractivity contribution in [1.82, 2.24) is 0 Å². The maximum absolute atomic E-state index is 13.0. The van der Waals surface area contributed by atoms with Crippen molar-refractivity contribution in [2.24, 2.45) is 0 Å². The van der Waals surface area contributed by atoms with E-state index in [9.17, 15) is 39.5 Å². The summed E-state index contributed by atoms with van der Waals surface area (Å²) in [6, 6.07) is 0.147. The summed E-state index contributed by atoms with van der Waals surface area (Å²) in [6.07, 6.45) is -0.745. The van der Waals surface area contributed by atoms with E-state index in [2.05, 4.69) is 4.74 Å². The fraction of sp³-hybridized carbons (Fsp3) is 0.368. The van der Waals surface area contributed by atoms with Crippen molar-refractivity contribution in [2.45, 2.75) is 46.3 Å². The summed E-state index contributed by atoms with van der Waals surface area (Å²) in [4.78, 5) is 0. The van der Waals surface area contributed by atoms with E-state index in [4.69, 9.17) is 4.74 Å². The van der Waals surface area contributed by atoms with Crippen LogP contribution in [0.2, 0.25) is 0 Å². The molecular weight excluding hydrogens is 431 g/mol. The Morgan fingerprint density at radius 2 is 0.967 bits per heavy atom. The molecule has 11 heteroatoms. The summed E-state index contributed by atoms with van der Waals surface area (Å²) in [5.41, 5.74) is 0. The van der Waals surface area contributed by atoms with Gasteiger partial charge in [-0.15, -0.1) is 0 Å². The Labute approximate surface area is 166 Å². The van der Waals surface area contributed by atoms with Crippen molar-refractivity contribution in [3.8, 4) is 11.5 Å². The summed E-state index contributed by atoms with van der Waals surface area (Å²) in [5.74, 6) is -18.3. The van der Waals surface area contributed by atoms with E-state index in [0.29, 0.717) is 6.42 Å². The molecular formula is C19H17F9O2. The Bertz CT molecular complexity index is 845. The van der Waals surface area contributed by atoms with Gasteiger partial charge in [-0.1, -0.05) is 6.92 Å². The predicted molar refractivity (Wildman–Crippen MR) is 88.7 cm³/mol. The highest BCUT2D eigenvalue weighted by molar-refractivity contribution is 5.30.